The summed E-state index contributed by atoms with van der Waals surface area (Å²) in [5, 5.41) is 9.88. The van der Waals surface area contributed by atoms with Crippen LogP contribution >= 0.6 is 0 Å². The molecule has 0 N–H and O–H groups in total. The highest BCUT2D eigenvalue weighted by Gasteiger charge is 2.38. The lowest BCUT2D eigenvalue weighted by Crippen LogP contribution is -2.16. The highest BCUT2D eigenvalue weighted by atomic mass is 16.3. The van der Waals surface area contributed by atoms with Crippen LogP contribution in [-0.4, -0.2) is 4.57 Å². The van der Waals surface area contributed by atoms with Gasteiger partial charge in [0.25, 0.3) is 0 Å². The number of hydrogen-bond acceptors (Lipinski definition) is 1. The minimum absolute atomic E-state index is 0.200. The lowest BCUT2D eigenvalue weighted by Gasteiger charge is -2.24. The fraction of sp³-hybridized carbons (Fsp3) is 0.0508. The quantitative estimate of drug-likeness (QED) is 0.163. The molecule has 2 nitrogen and oxygen atoms in total. The summed E-state index contributed by atoms with van der Waals surface area (Å²) in [6.45, 7) is 4.73. The van der Waals surface area contributed by atoms with Crippen LogP contribution in [-0.2, 0) is 5.41 Å². The van der Waals surface area contributed by atoms with Crippen LogP contribution in [0.1, 0.15) is 25.0 Å². The summed E-state index contributed by atoms with van der Waals surface area (Å²) in [6, 6.07) is 73.7. The van der Waals surface area contributed by atoms with E-state index in [-0.39, 0.29) is 5.41 Å². The fourth-order valence-corrected chi connectivity index (χ4v) is 10.9. The van der Waals surface area contributed by atoms with Gasteiger partial charge in [-0.2, -0.15) is 0 Å². The van der Waals surface area contributed by atoms with Crippen molar-refractivity contribution in [3.8, 4) is 50.2 Å². The summed E-state index contributed by atoms with van der Waals surface area (Å²) in [5.74, 6) is 0. The summed E-state index contributed by atoms with van der Waals surface area (Å²) < 4.78 is 8.79. The molecule has 10 aromatic carbocycles. The molecule has 13 rings (SSSR count). The molecule has 2 aromatic heterocycles. The van der Waals surface area contributed by atoms with E-state index in [1.165, 1.54) is 110 Å². The van der Waals surface area contributed by atoms with Crippen molar-refractivity contribution in [3.05, 3.63) is 211 Å². The molecule has 12 aromatic rings. The van der Waals surface area contributed by atoms with Crippen molar-refractivity contribution < 1.29 is 4.42 Å². The zero-order valence-corrected chi connectivity index (χ0v) is 33.9. The standard InChI is InChI=1S/C59H39NO/c1-59(2)51-35-55-50(43-19-9-12-28-54(43)61-55)34-49(51)48-25-14-24-40(58(48)59)36-29-31-37(32-30-36)56-44-20-3-5-22-46(44)57(47-23-6-4-21-45(47)56)38-15-13-16-39(33-38)60-52-26-10-7-17-41(52)42-18-8-11-27-53(42)60/h3-35H,1-2H3. The van der Waals surface area contributed by atoms with E-state index < -0.39 is 0 Å². The third-order valence-electron chi connectivity index (χ3n) is 13.6. The topological polar surface area (TPSA) is 18.1 Å². The van der Waals surface area contributed by atoms with Crippen molar-refractivity contribution in [1.82, 2.24) is 4.57 Å². The van der Waals surface area contributed by atoms with Crippen molar-refractivity contribution in [2.45, 2.75) is 19.3 Å². The number of furan rings is 1. The smallest absolute Gasteiger partial charge is 0.135 e. The monoisotopic (exact) mass is 777 g/mol. The zero-order chi connectivity index (χ0) is 40.4. The number of aromatic nitrogens is 1. The van der Waals surface area contributed by atoms with Crippen molar-refractivity contribution in [3.63, 3.8) is 0 Å². The molecule has 0 atom stereocenters. The summed E-state index contributed by atoms with van der Waals surface area (Å²) in [7, 11) is 0. The molecule has 0 amide bonds. The molecule has 0 saturated heterocycles. The average Bonchev–Trinajstić information content (AvgIpc) is 3.92. The maximum absolute atomic E-state index is 6.38. The molecule has 0 aliphatic heterocycles. The van der Waals surface area contributed by atoms with Gasteiger partial charge in [0.2, 0.25) is 0 Å². The minimum atomic E-state index is -0.200. The molecule has 0 fully saturated rings. The highest BCUT2D eigenvalue weighted by molar-refractivity contribution is 6.21. The van der Waals surface area contributed by atoms with Crippen LogP contribution < -0.4 is 0 Å². The molecule has 286 valence electrons. The molecule has 2 heteroatoms. The van der Waals surface area contributed by atoms with Crippen LogP contribution in [0.5, 0.6) is 0 Å². The summed E-state index contributed by atoms with van der Waals surface area (Å²) in [4.78, 5) is 0. The normalized spacial score (nSPS) is 13.2. The van der Waals surface area contributed by atoms with E-state index in [4.69, 9.17) is 4.42 Å². The first-order valence-electron chi connectivity index (χ1n) is 21.3. The Labute approximate surface area is 353 Å². The number of fused-ring (bicyclic) bond motifs is 11. The molecule has 0 radical (unpaired) electrons. The molecule has 61 heavy (non-hydrogen) atoms. The number of rotatable bonds is 4. The molecular weight excluding hydrogens is 739 g/mol. The Morgan fingerprint density at radius 3 is 1.54 bits per heavy atom. The van der Waals surface area contributed by atoms with Crippen LogP contribution in [0.15, 0.2) is 205 Å². The Bertz CT molecular complexity index is 3670. The van der Waals surface area contributed by atoms with Crippen LogP contribution in [0.25, 0.3) is 115 Å². The molecule has 0 spiro atoms. The van der Waals surface area contributed by atoms with Crippen LogP contribution in [0.3, 0.4) is 0 Å². The SMILES string of the molecule is CC1(C)c2cc3oc4ccccc4c3cc2-c2cccc(-c3ccc(-c4c5ccccc5c(-c5cccc(-n6c7ccccc7c7ccccc76)c5)c5ccccc45)cc3)c21. The minimum Gasteiger partial charge on any atom is -0.456 e. The Morgan fingerprint density at radius 2 is 0.885 bits per heavy atom. The molecular formula is C59H39NO. The van der Waals surface area contributed by atoms with Gasteiger partial charge >= 0.3 is 0 Å². The van der Waals surface area contributed by atoms with Crippen molar-refractivity contribution in [2.75, 3.05) is 0 Å². The first-order chi connectivity index (χ1) is 30.0. The Balaban J connectivity index is 0.950. The van der Waals surface area contributed by atoms with E-state index in [9.17, 15) is 0 Å². The van der Waals surface area contributed by atoms with Gasteiger partial charge in [-0.1, -0.05) is 172 Å². The van der Waals surface area contributed by atoms with Gasteiger partial charge in [0.15, 0.2) is 0 Å². The summed E-state index contributed by atoms with van der Waals surface area (Å²) in [5.41, 5.74) is 18.0. The van der Waals surface area contributed by atoms with Gasteiger partial charge in [-0.15, -0.1) is 0 Å². The molecule has 0 saturated carbocycles. The molecule has 1 aliphatic rings. The lowest BCUT2D eigenvalue weighted by atomic mass is 9.78. The maximum atomic E-state index is 6.38. The van der Waals surface area contributed by atoms with Gasteiger partial charge in [0.1, 0.15) is 11.2 Å². The highest BCUT2D eigenvalue weighted by Crippen LogP contribution is 2.54. The second kappa shape index (κ2) is 12.7. The number of nitrogens with zero attached hydrogens (tertiary/aromatic N) is 1. The number of benzene rings is 10. The van der Waals surface area contributed by atoms with E-state index in [1.54, 1.807) is 0 Å². The lowest BCUT2D eigenvalue weighted by molar-refractivity contribution is 0.648. The van der Waals surface area contributed by atoms with Crippen molar-refractivity contribution in [1.29, 1.82) is 0 Å². The largest absolute Gasteiger partial charge is 0.456 e. The predicted octanol–water partition coefficient (Wildman–Crippen LogP) is 16.3. The molecule has 1 aliphatic carbocycles. The third-order valence-corrected chi connectivity index (χ3v) is 13.6. The Hall–Kier alpha value is -7.68. The van der Waals surface area contributed by atoms with E-state index in [1.807, 2.05) is 6.07 Å². The molecule has 0 unspecified atom stereocenters. The van der Waals surface area contributed by atoms with Gasteiger partial charge in [-0.25, -0.2) is 0 Å². The van der Waals surface area contributed by atoms with Crippen molar-refractivity contribution in [2.24, 2.45) is 0 Å². The Kier molecular flexibility index (Phi) is 7.10. The third kappa shape index (κ3) is 4.85. The number of hydrogen-bond donors (Lipinski definition) is 0. The predicted molar refractivity (Wildman–Crippen MR) is 257 cm³/mol. The van der Waals surface area contributed by atoms with Gasteiger partial charge in [0.05, 0.1) is 11.0 Å². The van der Waals surface area contributed by atoms with E-state index in [0.717, 1.165) is 16.9 Å². The van der Waals surface area contributed by atoms with Crippen LogP contribution in [0.4, 0.5) is 0 Å². The first kappa shape index (κ1) is 34.2. The number of para-hydroxylation sites is 3. The van der Waals surface area contributed by atoms with E-state index >= 15 is 0 Å². The summed E-state index contributed by atoms with van der Waals surface area (Å²) >= 11 is 0. The maximum Gasteiger partial charge on any atom is 0.135 e. The second-order valence-electron chi connectivity index (χ2n) is 17.2. The van der Waals surface area contributed by atoms with Gasteiger partial charge in [0, 0.05) is 32.6 Å². The summed E-state index contributed by atoms with van der Waals surface area (Å²) in [6.07, 6.45) is 0. The molecule has 2 heterocycles. The van der Waals surface area contributed by atoms with E-state index in [0.29, 0.717) is 0 Å². The van der Waals surface area contributed by atoms with Crippen molar-refractivity contribution >= 4 is 65.3 Å². The fourth-order valence-electron chi connectivity index (χ4n) is 10.9. The Morgan fingerprint density at radius 1 is 0.361 bits per heavy atom. The zero-order valence-electron chi connectivity index (χ0n) is 33.9. The van der Waals surface area contributed by atoms with Crippen LogP contribution in [0.2, 0.25) is 0 Å². The second-order valence-corrected chi connectivity index (χ2v) is 17.2. The van der Waals surface area contributed by atoms with Gasteiger partial charge in [-0.05, 0) is 120 Å². The average molecular weight is 778 g/mol. The first-order valence-corrected chi connectivity index (χ1v) is 21.3. The van der Waals surface area contributed by atoms with Gasteiger partial charge in [-0.3, -0.25) is 0 Å². The van der Waals surface area contributed by atoms with Crippen LogP contribution in [0, 0.1) is 0 Å². The molecule has 0 bridgehead atoms. The van der Waals surface area contributed by atoms with E-state index in [2.05, 4.69) is 213 Å². The van der Waals surface area contributed by atoms with Gasteiger partial charge < -0.3 is 8.98 Å².